The fourth-order valence-corrected chi connectivity index (χ4v) is 2.63. The van der Waals surface area contributed by atoms with E-state index in [9.17, 15) is 14.4 Å². The maximum Gasteiger partial charge on any atom is 0.189 e. The molecule has 3 aromatic rings. The summed E-state index contributed by atoms with van der Waals surface area (Å²) in [6.07, 6.45) is 3.61. The van der Waals surface area contributed by atoms with E-state index in [1.165, 1.54) is 39.0 Å². The normalized spacial score (nSPS) is 10.9. The maximum atomic E-state index is 11.2. The van der Waals surface area contributed by atoms with Crippen molar-refractivity contribution >= 4 is 17.3 Å². The van der Waals surface area contributed by atoms with Crippen molar-refractivity contribution in [3.05, 3.63) is 143 Å². The van der Waals surface area contributed by atoms with Crippen molar-refractivity contribution in [2.75, 3.05) is 0 Å². The van der Waals surface area contributed by atoms with E-state index >= 15 is 0 Å². The molecule has 0 fully saturated rings. The first kappa shape index (κ1) is 33.6. The molecule has 0 aromatic heterocycles. The molecule has 0 radical (unpaired) electrons. The smallest absolute Gasteiger partial charge is 0.189 e. The second-order valence-corrected chi connectivity index (χ2v) is 7.55. The van der Waals surface area contributed by atoms with E-state index in [1.54, 1.807) is 72.8 Å². The predicted octanol–water partition coefficient (Wildman–Crippen LogP) is 6.99. The minimum absolute atomic E-state index is 0. The van der Waals surface area contributed by atoms with Crippen LogP contribution in [0.1, 0.15) is 51.8 Å². The van der Waals surface area contributed by atoms with Crippen molar-refractivity contribution in [2.45, 2.75) is 20.8 Å². The van der Waals surface area contributed by atoms with Gasteiger partial charge in [-0.05, 0) is 20.8 Å². The van der Waals surface area contributed by atoms with Crippen LogP contribution < -0.4 is 0 Å². The number of aliphatic hydroxyl groups is 3. The molecule has 0 aliphatic heterocycles. The third-order valence-electron chi connectivity index (χ3n) is 4.19. The Labute approximate surface area is 250 Å². The first-order chi connectivity index (χ1) is 17.1. The largest absolute Gasteiger partial charge is 0.512 e. The molecule has 0 aliphatic rings. The van der Waals surface area contributed by atoms with Gasteiger partial charge >= 0.3 is 0 Å². The molecule has 0 atom stereocenters. The molecular formula is C30H30NdO6. The molecule has 0 saturated carbocycles. The van der Waals surface area contributed by atoms with Crippen molar-refractivity contribution in [2.24, 2.45) is 0 Å². The number of allylic oxidation sites excluding steroid dienone is 6. The average Bonchev–Trinajstić information content (AvgIpc) is 2.85. The first-order valence-corrected chi connectivity index (χ1v) is 11.0. The van der Waals surface area contributed by atoms with Gasteiger partial charge in [-0.25, -0.2) is 0 Å². The third kappa shape index (κ3) is 15.4. The van der Waals surface area contributed by atoms with Crippen LogP contribution >= 0.6 is 0 Å². The topological polar surface area (TPSA) is 112 Å². The van der Waals surface area contributed by atoms with E-state index in [4.69, 9.17) is 15.3 Å². The van der Waals surface area contributed by atoms with Gasteiger partial charge in [-0.15, -0.1) is 0 Å². The van der Waals surface area contributed by atoms with Crippen molar-refractivity contribution in [1.82, 2.24) is 0 Å². The molecule has 190 valence electrons. The first-order valence-electron chi connectivity index (χ1n) is 11.0. The Morgan fingerprint density at radius 2 is 0.649 bits per heavy atom. The van der Waals surface area contributed by atoms with Gasteiger partial charge in [-0.2, -0.15) is 0 Å². The Kier molecular flexibility index (Phi) is 17.1. The van der Waals surface area contributed by atoms with Crippen LogP contribution in [0.25, 0.3) is 0 Å². The van der Waals surface area contributed by atoms with Crippen LogP contribution in [0.3, 0.4) is 0 Å². The van der Waals surface area contributed by atoms with Crippen molar-refractivity contribution in [3.63, 3.8) is 0 Å². The number of hydrogen-bond acceptors (Lipinski definition) is 6. The van der Waals surface area contributed by atoms with Crippen LogP contribution in [-0.2, 0) is 0 Å². The summed E-state index contributed by atoms with van der Waals surface area (Å²) in [4.78, 5) is 33.7. The SMILES string of the molecule is CC(O)=CC(=O)c1ccccc1.CC(O)=CC(=O)c1ccccc1.CC(O)=CC(=O)c1ccccc1.[Nd]. The Hall–Kier alpha value is -3.36. The number of carbonyl (C=O) groups is 3. The zero-order chi connectivity index (χ0) is 26.9. The molecule has 0 unspecified atom stereocenters. The van der Waals surface area contributed by atoms with Crippen molar-refractivity contribution in [3.8, 4) is 0 Å². The molecule has 0 heterocycles. The molecule has 0 saturated heterocycles. The van der Waals surface area contributed by atoms with Gasteiger partial charge < -0.3 is 15.3 Å². The minimum Gasteiger partial charge on any atom is -0.512 e. The quantitative estimate of drug-likeness (QED) is 0.154. The second-order valence-electron chi connectivity index (χ2n) is 7.55. The maximum absolute atomic E-state index is 11.2. The predicted molar refractivity (Wildman–Crippen MR) is 141 cm³/mol. The third-order valence-corrected chi connectivity index (χ3v) is 4.19. The monoisotopic (exact) mass is 628 g/mol. The molecule has 3 rings (SSSR count). The fraction of sp³-hybridized carbons (Fsp3) is 0.100. The molecule has 3 aromatic carbocycles. The van der Waals surface area contributed by atoms with E-state index in [0.29, 0.717) is 16.7 Å². The summed E-state index contributed by atoms with van der Waals surface area (Å²) < 4.78 is 0. The summed E-state index contributed by atoms with van der Waals surface area (Å²) in [5.74, 6) is -0.418. The van der Waals surface area contributed by atoms with Crippen LogP contribution in [0.4, 0.5) is 0 Å². The molecule has 0 bridgehead atoms. The minimum atomic E-state index is -0.171. The van der Waals surface area contributed by atoms with Gasteiger partial charge in [-0.1, -0.05) is 91.0 Å². The number of ketones is 3. The van der Waals surface area contributed by atoms with Gasteiger partial charge in [0.1, 0.15) is 0 Å². The molecule has 0 spiro atoms. The molecule has 37 heavy (non-hydrogen) atoms. The van der Waals surface area contributed by atoms with E-state index in [2.05, 4.69) is 0 Å². The standard InChI is InChI=1S/3C10H10O2.Nd/c3*1-8(11)7-10(12)9-5-3-2-4-6-9;/h3*2-7,11H,1H3;. The summed E-state index contributed by atoms with van der Waals surface area (Å²) in [5.41, 5.74) is 1.77. The molecule has 3 N–H and O–H groups in total. The van der Waals surface area contributed by atoms with Crippen LogP contribution in [-0.4, -0.2) is 32.7 Å². The van der Waals surface area contributed by atoms with Crippen LogP contribution in [0, 0.1) is 40.8 Å². The number of carbonyl (C=O) groups excluding carboxylic acids is 3. The molecule has 0 amide bonds. The molecule has 0 aliphatic carbocycles. The van der Waals surface area contributed by atoms with Gasteiger partial charge in [0.2, 0.25) is 0 Å². The number of rotatable bonds is 6. The second kappa shape index (κ2) is 18.8. The van der Waals surface area contributed by atoms with Crippen molar-refractivity contribution < 1.29 is 70.5 Å². The average molecular weight is 631 g/mol. The Balaban J connectivity index is 0.000000518. The fourth-order valence-electron chi connectivity index (χ4n) is 2.63. The summed E-state index contributed by atoms with van der Waals surface area (Å²) >= 11 is 0. The zero-order valence-corrected chi connectivity index (χ0v) is 24.2. The number of hydrogen-bond donors (Lipinski definition) is 3. The van der Waals surface area contributed by atoms with Crippen LogP contribution in [0.5, 0.6) is 0 Å². The Morgan fingerprint density at radius 1 is 0.459 bits per heavy atom. The van der Waals surface area contributed by atoms with Gasteiger partial charge in [0.25, 0.3) is 0 Å². The van der Waals surface area contributed by atoms with Gasteiger partial charge in [0, 0.05) is 75.8 Å². The summed E-state index contributed by atoms with van der Waals surface area (Å²) in [6, 6.07) is 26.5. The van der Waals surface area contributed by atoms with E-state index < -0.39 is 0 Å². The summed E-state index contributed by atoms with van der Waals surface area (Å²) in [7, 11) is 0. The summed E-state index contributed by atoms with van der Waals surface area (Å²) in [6.45, 7) is 4.42. The Bertz CT molecular complexity index is 1050. The zero-order valence-electron chi connectivity index (χ0n) is 21.0. The van der Waals surface area contributed by atoms with E-state index in [1.807, 2.05) is 18.2 Å². The van der Waals surface area contributed by atoms with Crippen LogP contribution in [0.2, 0.25) is 0 Å². The molecular weight excluding hydrogens is 601 g/mol. The number of aliphatic hydroxyl groups excluding tert-OH is 3. The van der Waals surface area contributed by atoms with Crippen LogP contribution in [0.15, 0.2) is 127 Å². The van der Waals surface area contributed by atoms with Crippen molar-refractivity contribution in [1.29, 1.82) is 0 Å². The molecule has 7 heteroatoms. The van der Waals surface area contributed by atoms with Gasteiger partial charge in [0.05, 0.1) is 17.3 Å². The number of benzene rings is 3. The molecule has 6 nitrogen and oxygen atoms in total. The summed E-state index contributed by atoms with van der Waals surface area (Å²) in [5, 5.41) is 26.5. The van der Waals surface area contributed by atoms with E-state index in [0.717, 1.165) is 0 Å². The van der Waals surface area contributed by atoms with Gasteiger partial charge in [-0.3, -0.25) is 14.4 Å². The van der Waals surface area contributed by atoms with E-state index in [-0.39, 0.29) is 75.5 Å². The Morgan fingerprint density at radius 3 is 0.811 bits per heavy atom. The van der Waals surface area contributed by atoms with Gasteiger partial charge in [0.15, 0.2) is 17.3 Å².